The largest absolute Gasteiger partial charge is 0.325 e. The molecule has 0 aromatic heterocycles. The number of nitrogens with one attached hydrogen (secondary N) is 1. The van der Waals surface area contributed by atoms with Crippen molar-refractivity contribution in [3.8, 4) is 0 Å². The first-order valence-corrected chi connectivity index (χ1v) is 6.26. The smallest absolute Gasteiger partial charge is 0.321 e. The molecule has 0 radical (unpaired) electrons. The van der Waals surface area contributed by atoms with E-state index in [2.05, 4.69) is 21.2 Å². The van der Waals surface area contributed by atoms with E-state index in [0.717, 1.165) is 4.47 Å². The summed E-state index contributed by atoms with van der Waals surface area (Å²) < 4.78 is 0.881. The van der Waals surface area contributed by atoms with E-state index >= 15 is 0 Å². The van der Waals surface area contributed by atoms with Gasteiger partial charge < -0.3 is 10.2 Å². The molecule has 0 saturated carbocycles. The van der Waals surface area contributed by atoms with Gasteiger partial charge in [0.2, 0.25) is 0 Å². The molecule has 0 fully saturated rings. The van der Waals surface area contributed by atoms with Crippen LogP contribution < -0.4 is 5.32 Å². The molecule has 0 aliphatic rings. The Balaban J connectivity index is 2.80. The van der Waals surface area contributed by atoms with Crippen molar-refractivity contribution >= 4 is 39.2 Å². The van der Waals surface area contributed by atoms with E-state index in [9.17, 15) is 4.79 Å². The molecule has 0 bridgehead atoms. The quantitative estimate of drug-likeness (QED) is 0.900. The van der Waals surface area contributed by atoms with E-state index in [4.69, 9.17) is 11.6 Å². The zero-order chi connectivity index (χ0) is 12.1. The minimum atomic E-state index is -0.134. The lowest BCUT2D eigenvalue weighted by Gasteiger charge is -2.19. The Morgan fingerprint density at radius 1 is 1.44 bits per heavy atom. The van der Waals surface area contributed by atoms with Gasteiger partial charge in [-0.25, -0.2) is 4.79 Å². The number of halogens is 2. The van der Waals surface area contributed by atoms with E-state index in [1.807, 2.05) is 19.9 Å². The van der Waals surface area contributed by atoms with Crippen LogP contribution >= 0.6 is 27.5 Å². The number of amides is 2. The lowest BCUT2D eigenvalue weighted by atomic mass is 10.3. The summed E-state index contributed by atoms with van der Waals surface area (Å²) >= 11 is 9.31. The number of carbonyl (C=O) groups excluding carboxylic acids is 1. The molecule has 1 aromatic carbocycles. The molecule has 0 heterocycles. The summed E-state index contributed by atoms with van der Waals surface area (Å²) in [6.07, 6.45) is 0. The monoisotopic (exact) mass is 304 g/mol. The second-order valence-corrected chi connectivity index (χ2v) is 4.55. The molecule has 16 heavy (non-hydrogen) atoms. The minimum absolute atomic E-state index is 0.134. The van der Waals surface area contributed by atoms with Crippen molar-refractivity contribution < 1.29 is 4.79 Å². The highest BCUT2D eigenvalue weighted by Gasteiger charge is 2.11. The van der Waals surface area contributed by atoms with Crippen LogP contribution in [0.15, 0.2) is 22.7 Å². The summed E-state index contributed by atoms with van der Waals surface area (Å²) in [5.41, 5.74) is 0.618. The number of benzene rings is 1. The van der Waals surface area contributed by atoms with Gasteiger partial charge in [-0.15, -0.1) is 0 Å². The third-order valence-corrected chi connectivity index (χ3v) is 3.04. The Bertz CT molecular complexity index is 380. The van der Waals surface area contributed by atoms with Crippen LogP contribution in [0.4, 0.5) is 10.5 Å². The summed E-state index contributed by atoms with van der Waals surface area (Å²) in [5, 5.41) is 3.31. The topological polar surface area (TPSA) is 32.3 Å². The lowest BCUT2D eigenvalue weighted by molar-refractivity contribution is 0.217. The summed E-state index contributed by atoms with van der Waals surface area (Å²) in [4.78, 5) is 13.5. The number of anilines is 1. The lowest BCUT2D eigenvalue weighted by Crippen LogP contribution is -2.34. The predicted molar refractivity (Wildman–Crippen MR) is 71.1 cm³/mol. The van der Waals surface area contributed by atoms with Gasteiger partial charge in [0.15, 0.2) is 0 Å². The first-order chi connectivity index (χ1) is 7.58. The number of rotatable bonds is 3. The van der Waals surface area contributed by atoms with Gasteiger partial charge in [-0.2, -0.15) is 0 Å². The van der Waals surface area contributed by atoms with Crippen LogP contribution in [0.1, 0.15) is 13.8 Å². The van der Waals surface area contributed by atoms with Gasteiger partial charge in [-0.05, 0) is 32.0 Å². The Morgan fingerprint density at radius 2 is 2.06 bits per heavy atom. The van der Waals surface area contributed by atoms with Crippen LogP contribution in [0.2, 0.25) is 5.02 Å². The second kappa shape index (κ2) is 6.11. The van der Waals surface area contributed by atoms with Crippen LogP contribution in [0.25, 0.3) is 0 Å². The van der Waals surface area contributed by atoms with Crippen molar-refractivity contribution in [3.05, 3.63) is 27.7 Å². The Labute approximate surface area is 109 Å². The van der Waals surface area contributed by atoms with Gasteiger partial charge in [0.25, 0.3) is 0 Å². The van der Waals surface area contributed by atoms with Crippen molar-refractivity contribution in [3.63, 3.8) is 0 Å². The SMILES string of the molecule is CCN(CC)C(=O)Nc1cc(Br)ccc1Cl. The number of nitrogens with zero attached hydrogens (tertiary/aromatic N) is 1. The average molecular weight is 306 g/mol. The summed E-state index contributed by atoms with van der Waals surface area (Å²) in [6.45, 7) is 5.22. The van der Waals surface area contributed by atoms with Crippen molar-refractivity contribution in [2.45, 2.75) is 13.8 Å². The summed E-state index contributed by atoms with van der Waals surface area (Å²) in [7, 11) is 0. The maximum absolute atomic E-state index is 11.8. The Morgan fingerprint density at radius 3 is 2.62 bits per heavy atom. The number of hydrogen-bond acceptors (Lipinski definition) is 1. The van der Waals surface area contributed by atoms with Gasteiger partial charge in [-0.1, -0.05) is 27.5 Å². The van der Waals surface area contributed by atoms with E-state index in [1.165, 1.54) is 0 Å². The minimum Gasteiger partial charge on any atom is -0.325 e. The van der Waals surface area contributed by atoms with Gasteiger partial charge in [0, 0.05) is 17.6 Å². The standard InChI is InChI=1S/C11H14BrClN2O/c1-3-15(4-2)11(16)14-10-7-8(12)5-6-9(10)13/h5-7H,3-4H2,1-2H3,(H,14,16). The summed E-state index contributed by atoms with van der Waals surface area (Å²) in [5.74, 6) is 0. The van der Waals surface area contributed by atoms with Gasteiger partial charge in [-0.3, -0.25) is 0 Å². The van der Waals surface area contributed by atoms with E-state index in [0.29, 0.717) is 23.8 Å². The fraction of sp³-hybridized carbons (Fsp3) is 0.364. The van der Waals surface area contributed by atoms with E-state index < -0.39 is 0 Å². The fourth-order valence-corrected chi connectivity index (χ4v) is 1.82. The molecule has 0 unspecified atom stereocenters. The third-order valence-electron chi connectivity index (χ3n) is 2.22. The molecular weight excluding hydrogens is 291 g/mol. The zero-order valence-electron chi connectivity index (χ0n) is 9.26. The summed E-state index contributed by atoms with van der Waals surface area (Å²) in [6, 6.07) is 5.22. The van der Waals surface area contributed by atoms with Crippen molar-refractivity contribution in [1.82, 2.24) is 4.90 Å². The van der Waals surface area contributed by atoms with Crippen molar-refractivity contribution in [2.75, 3.05) is 18.4 Å². The van der Waals surface area contributed by atoms with E-state index in [1.54, 1.807) is 17.0 Å². The van der Waals surface area contributed by atoms with Crippen LogP contribution in [-0.4, -0.2) is 24.0 Å². The molecule has 0 atom stereocenters. The number of hydrogen-bond donors (Lipinski definition) is 1. The maximum atomic E-state index is 11.8. The first-order valence-electron chi connectivity index (χ1n) is 5.09. The normalized spacial score (nSPS) is 10.0. The molecule has 2 amide bonds. The van der Waals surface area contributed by atoms with Gasteiger partial charge in [0.1, 0.15) is 0 Å². The second-order valence-electron chi connectivity index (χ2n) is 3.23. The number of carbonyl (C=O) groups is 1. The Hall–Kier alpha value is -0.740. The molecule has 0 aliphatic carbocycles. The van der Waals surface area contributed by atoms with Crippen LogP contribution in [0, 0.1) is 0 Å². The first kappa shape index (κ1) is 13.3. The van der Waals surface area contributed by atoms with Crippen molar-refractivity contribution in [1.29, 1.82) is 0 Å². The van der Waals surface area contributed by atoms with Gasteiger partial charge >= 0.3 is 6.03 Å². The molecule has 1 N–H and O–H groups in total. The van der Waals surface area contributed by atoms with Crippen LogP contribution in [-0.2, 0) is 0 Å². The average Bonchev–Trinajstić information content (AvgIpc) is 2.25. The highest BCUT2D eigenvalue weighted by atomic mass is 79.9. The maximum Gasteiger partial charge on any atom is 0.321 e. The molecule has 1 rings (SSSR count). The molecule has 1 aromatic rings. The Kier molecular flexibility index (Phi) is 5.09. The van der Waals surface area contributed by atoms with Crippen LogP contribution in [0.3, 0.4) is 0 Å². The zero-order valence-corrected chi connectivity index (χ0v) is 11.6. The molecule has 0 saturated heterocycles. The molecule has 0 aliphatic heterocycles. The predicted octanol–water partition coefficient (Wildman–Crippen LogP) is 3.98. The highest BCUT2D eigenvalue weighted by molar-refractivity contribution is 9.10. The molecular formula is C11H14BrClN2O. The number of urea groups is 1. The van der Waals surface area contributed by atoms with Crippen LogP contribution in [0.5, 0.6) is 0 Å². The highest BCUT2D eigenvalue weighted by Crippen LogP contribution is 2.25. The molecule has 88 valence electrons. The third kappa shape index (κ3) is 3.39. The van der Waals surface area contributed by atoms with Crippen molar-refractivity contribution in [2.24, 2.45) is 0 Å². The van der Waals surface area contributed by atoms with E-state index in [-0.39, 0.29) is 6.03 Å². The molecule has 3 nitrogen and oxygen atoms in total. The molecule has 0 spiro atoms. The van der Waals surface area contributed by atoms with Gasteiger partial charge in [0.05, 0.1) is 10.7 Å². The fourth-order valence-electron chi connectivity index (χ4n) is 1.30. The molecule has 5 heteroatoms.